The number of nitrogens with zero attached hydrogens (tertiary/aromatic N) is 3. The van der Waals surface area contributed by atoms with Crippen LogP contribution in [0.15, 0.2) is 127 Å². The van der Waals surface area contributed by atoms with E-state index in [1.54, 1.807) is 0 Å². The maximum atomic E-state index is 5.26. The van der Waals surface area contributed by atoms with E-state index in [0.717, 1.165) is 39.1 Å². The molecule has 9 rings (SSSR count). The molecule has 0 unspecified atom stereocenters. The van der Waals surface area contributed by atoms with Crippen molar-refractivity contribution in [2.75, 3.05) is 0 Å². The molecule has 0 amide bonds. The van der Waals surface area contributed by atoms with Crippen LogP contribution in [0, 0.1) is 0 Å². The van der Waals surface area contributed by atoms with Crippen LogP contribution in [0.3, 0.4) is 0 Å². The van der Waals surface area contributed by atoms with Crippen molar-refractivity contribution in [1.82, 2.24) is 14.5 Å². The highest BCUT2D eigenvalue weighted by atomic mass is 32.1. The first-order valence-corrected chi connectivity index (χ1v) is 14.3. The normalized spacial score (nSPS) is 12.0. The fourth-order valence-electron chi connectivity index (χ4n) is 6.22. The zero-order valence-electron chi connectivity index (χ0n) is 21.4. The molecule has 9 aromatic rings. The van der Waals surface area contributed by atoms with Crippen molar-refractivity contribution in [3.05, 3.63) is 127 Å². The van der Waals surface area contributed by atoms with Crippen LogP contribution in [-0.4, -0.2) is 14.5 Å². The van der Waals surface area contributed by atoms with Crippen LogP contribution in [0.2, 0.25) is 0 Å². The Labute approximate surface area is 233 Å². The highest BCUT2D eigenvalue weighted by molar-refractivity contribution is 7.26. The number of aromatic nitrogens is 3. The Balaban J connectivity index is 1.45. The van der Waals surface area contributed by atoms with Crippen LogP contribution in [0.4, 0.5) is 0 Å². The lowest BCUT2D eigenvalue weighted by molar-refractivity contribution is 1.08. The summed E-state index contributed by atoms with van der Waals surface area (Å²) in [5, 5.41) is 7.68. The van der Waals surface area contributed by atoms with E-state index in [2.05, 4.69) is 102 Å². The molecule has 6 aromatic carbocycles. The predicted octanol–water partition coefficient (Wildman–Crippen LogP) is 9.91. The lowest BCUT2D eigenvalue weighted by Gasteiger charge is -2.14. The summed E-state index contributed by atoms with van der Waals surface area (Å²) in [6, 6.07) is 45.1. The second-order valence-corrected chi connectivity index (χ2v) is 11.3. The molecule has 0 fully saturated rings. The van der Waals surface area contributed by atoms with Crippen molar-refractivity contribution < 1.29 is 0 Å². The fraction of sp³-hybridized carbons (Fsp3) is 0. The quantitative estimate of drug-likeness (QED) is 0.224. The molecule has 0 bridgehead atoms. The highest BCUT2D eigenvalue weighted by Crippen LogP contribution is 2.43. The topological polar surface area (TPSA) is 30.7 Å². The predicted molar refractivity (Wildman–Crippen MR) is 170 cm³/mol. The standard InChI is InChI=1S/C36H21N3S/c1-2-10-22(11-3-1)34-36(38-29-15-7-6-14-28(29)37-34)39-30-16-8-4-13-27(30)33-24-18-19-25-23-12-5-9-17-32(23)40-35(25)26(24)20-21-31(33)39/h1-21H. The van der Waals surface area contributed by atoms with Gasteiger partial charge in [-0.25, -0.2) is 9.97 Å². The Morgan fingerprint density at radius 1 is 0.475 bits per heavy atom. The number of fused-ring (bicyclic) bond motifs is 10. The Bertz CT molecular complexity index is 2430. The van der Waals surface area contributed by atoms with Gasteiger partial charge >= 0.3 is 0 Å². The van der Waals surface area contributed by atoms with E-state index in [9.17, 15) is 0 Å². The molecule has 0 saturated carbocycles. The van der Waals surface area contributed by atoms with Crippen LogP contribution in [0.1, 0.15) is 0 Å². The van der Waals surface area contributed by atoms with Gasteiger partial charge in [0.2, 0.25) is 0 Å². The van der Waals surface area contributed by atoms with Gasteiger partial charge in [-0.1, -0.05) is 97.1 Å². The molecule has 3 aromatic heterocycles. The summed E-state index contributed by atoms with van der Waals surface area (Å²) < 4.78 is 4.97. The fourth-order valence-corrected chi connectivity index (χ4v) is 7.45. The number of hydrogen-bond donors (Lipinski definition) is 0. The number of benzene rings is 6. The molecule has 0 aliphatic rings. The van der Waals surface area contributed by atoms with Crippen LogP contribution >= 0.6 is 11.3 Å². The Kier molecular flexibility index (Phi) is 4.48. The minimum atomic E-state index is 0.846. The van der Waals surface area contributed by atoms with Gasteiger partial charge in [0, 0.05) is 41.9 Å². The summed E-state index contributed by atoms with van der Waals surface area (Å²) in [6.45, 7) is 0. The van der Waals surface area contributed by atoms with E-state index < -0.39 is 0 Å². The van der Waals surface area contributed by atoms with Crippen molar-refractivity contribution in [3.8, 4) is 17.1 Å². The average molecular weight is 528 g/mol. The average Bonchev–Trinajstić information content (AvgIpc) is 3.57. The molecule has 0 saturated heterocycles. The summed E-state index contributed by atoms with van der Waals surface area (Å²) in [6.07, 6.45) is 0. The van der Waals surface area contributed by atoms with E-state index in [0.29, 0.717) is 0 Å². The van der Waals surface area contributed by atoms with Gasteiger partial charge in [-0.3, -0.25) is 4.57 Å². The summed E-state index contributed by atoms with van der Waals surface area (Å²) in [5.74, 6) is 0.846. The smallest absolute Gasteiger partial charge is 0.165 e. The Morgan fingerprint density at radius 3 is 2.00 bits per heavy atom. The van der Waals surface area contributed by atoms with Gasteiger partial charge in [0.1, 0.15) is 5.69 Å². The largest absolute Gasteiger partial charge is 0.292 e. The highest BCUT2D eigenvalue weighted by Gasteiger charge is 2.21. The van der Waals surface area contributed by atoms with Gasteiger partial charge < -0.3 is 0 Å². The molecular weight excluding hydrogens is 506 g/mol. The van der Waals surface area contributed by atoms with Gasteiger partial charge in [-0.05, 0) is 35.7 Å². The Hall–Kier alpha value is -5.06. The van der Waals surface area contributed by atoms with E-state index in [-0.39, 0.29) is 0 Å². The number of thiophene rings is 1. The van der Waals surface area contributed by atoms with Gasteiger partial charge in [0.15, 0.2) is 5.82 Å². The third-order valence-electron chi connectivity index (χ3n) is 7.99. The van der Waals surface area contributed by atoms with Crippen LogP contribution in [0.5, 0.6) is 0 Å². The lowest BCUT2D eigenvalue weighted by Crippen LogP contribution is -2.03. The van der Waals surface area contributed by atoms with E-state index in [4.69, 9.17) is 9.97 Å². The van der Waals surface area contributed by atoms with Crippen molar-refractivity contribution in [3.63, 3.8) is 0 Å². The molecule has 0 aliphatic carbocycles. The van der Waals surface area contributed by atoms with Gasteiger partial charge in [0.25, 0.3) is 0 Å². The molecule has 0 spiro atoms. The molecule has 0 N–H and O–H groups in total. The lowest BCUT2D eigenvalue weighted by atomic mass is 10.0. The monoisotopic (exact) mass is 527 g/mol. The summed E-state index contributed by atoms with van der Waals surface area (Å²) in [7, 11) is 0. The van der Waals surface area contributed by atoms with Crippen molar-refractivity contribution in [2.45, 2.75) is 0 Å². The van der Waals surface area contributed by atoms with Gasteiger partial charge in [0.05, 0.1) is 22.1 Å². The second-order valence-electron chi connectivity index (χ2n) is 10.2. The van der Waals surface area contributed by atoms with Gasteiger partial charge in [-0.15, -0.1) is 11.3 Å². The molecule has 4 heteroatoms. The maximum Gasteiger partial charge on any atom is 0.165 e. The van der Waals surface area contributed by atoms with E-state index >= 15 is 0 Å². The van der Waals surface area contributed by atoms with Crippen LogP contribution in [-0.2, 0) is 0 Å². The SMILES string of the molecule is c1ccc(-c2nc3ccccc3nc2-n2c3ccccc3c3c4ccc5c6ccccc6sc5c4ccc32)cc1. The molecule has 186 valence electrons. The molecule has 0 aliphatic heterocycles. The molecular formula is C36H21N3S. The van der Waals surface area contributed by atoms with E-state index in [1.807, 2.05) is 41.7 Å². The molecule has 3 nitrogen and oxygen atoms in total. The first-order chi connectivity index (χ1) is 19.8. The molecule has 3 heterocycles. The number of para-hydroxylation sites is 3. The Morgan fingerprint density at radius 2 is 1.12 bits per heavy atom. The minimum absolute atomic E-state index is 0.846. The molecule has 0 atom stereocenters. The van der Waals surface area contributed by atoms with E-state index in [1.165, 1.54) is 41.7 Å². The zero-order valence-corrected chi connectivity index (χ0v) is 22.2. The van der Waals surface area contributed by atoms with Crippen LogP contribution < -0.4 is 0 Å². The molecule has 40 heavy (non-hydrogen) atoms. The third kappa shape index (κ3) is 2.99. The summed E-state index contributed by atoms with van der Waals surface area (Å²) in [5.41, 5.74) is 5.97. The minimum Gasteiger partial charge on any atom is -0.292 e. The first-order valence-electron chi connectivity index (χ1n) is 13.4. The maximum absolute atomic E-state index is 5.26. The summed E-state index contributed by atoms with van der Waals surface area (Å²) in [4.78, 5) is 10.4. The third-order valence-corrected chi connectivity index (χ3v) is 9.20. The first kappa shape index (κ1) is 21.8. The number of rotatable bonds is 2. The second kappa shape index (κ2) is 8.22. The van der Waals surface area contributed by atoms with Crippen molar-refractivity contribution >= 4 is 75.1 Å². The molecule has 0 radical (unpaired) electrons. The summed E-state index contributed by atoms with van der Waals surface area (Å²) >= 11 is 1.88. The zero-order chi connectivity index (χ0) is 26.2. The van der Waals surface area contributed by atoms with Crippen LogP contribution in [0.25, 0.3) is 80.9 Å². The number of hydrogen-bond acceptors (Lipinski definition) is 3. The van der Waals surface area contributed by atoms with Crippen molar-refractivity contribution in [2.24, 2.45) is 0 Å². The van der Waals surface area contributed by atoms with Crippen molar-refractivity contribution in [1.29, 1.82) is 0 Å². The van der Waals surface area contributed by atoms with Gasteiger partial charge in [-0.2, -0.15) is 0 Å².